The van der Waals surface area contributed by atoms with E-state index < -0.39 is 12.7 Å². The number of likely N-dealkylation sites (tertiary alicyclic amines) is 1. The fourth-order valence-corrected chi connectivity index (χ4v) is 4.27. The van der Waals surface area contributed by atoms with Crippen molar-refractivity contribution in [3.8, 4) is 0 Å². The zero-order valence-corrected chi connectivity index (χ0v) is 20.5. The van der Waals surface area contributed by atoms with E-state index in [0.717, 1.165) is 42.2 Å². The second-order valence-corrected chi connectivity index (χ2v) is 11.1. The van der Waals surface area contributed by atoms with Crippen LogP contribution in [0.25, 0.3) is 10.9 Å². The molecule has 1 aromatic heterocycles. The summed E-state index contributed by atoms with van der Waals surface area (Å²) in [6.45, 7) is 15.3. The van der Waals surface area contributed by atoms with E-state index in [0.29, 0.717) is 6.54 Å². The van der Waals surface area contributed by atoms with Crippen molar-refractivity contribution in [2.75, 3.05) is 6.54 Å². The minimum atomic E-state index is -0.497. The third-order valence-corrected chi connectivity index (χ3v) is 6.76. The summed E-state index contributed by atoms with van der Waals surface area (Å²) in [5.41, 5.74) is 0.616. The molecule has 32 heavy (non-hydrogen) atoms. The van der Waals surface area contributed by atoms with E-state index >= 15 is 0 Å². The van der Waals surface area contributed by atoms with E-state index in [9.17, 15) is 4.79 Å². The van der Waals surface area contributed by atoms with Crippen LogP contribution in [0, 0.1) is 0 Å². The number of aromatic nitrogens is 2. The number of piperidine rings is 1. The smallest absolute Gasteiger partial charge is 0.444 e. The molecule has 0 saturated carbocycles. The maximum Gasteiger partial charge on any atom is 0.494 e. The maximum atomic E-state index is 12.7. The van der Waals surface area contributed by atoms with E-state index in [2.05, 4.69) is 33.8 Å². The first-order valence-corrected chi connectivity index (χ1v) is 11.7. The molecule has 1 aromatic carbocycles. The van der Waals surface area contributed by atoms with Crippen molar-refractivity contribution in [1.29, 1.82) is 0 Å². The van der Waals surface area contributed by atoms with Gasteiger partial charge in [0, 0.05) is 18.1 Å². The quantitative estimate of drug-likeness (QED) is 0.671. The van der Waals surface area contributed by atoms with Crippen LogP contribution in [0.1, 0.15) is 67.7 Å². The third kappa shape index (κ3) is 4.67. The highest BCUT2D eigenvalue weighted by molar-refractivity contribution is 6.62. The van der Waals surface area contributed by atoms with Crippen molar-refractivity contribution in [2.45, 2.75) is 97.1 Å². The van der Waals surface area contributed by atoms with Crippen molar-refractivity contribution >= 4 is 29.6 Å². The van der Waals surface area contributed by atoms with Gasteiger partial charge in [-0.1, -0.05) is 12.1 Å². The van der Waals surface area contributed by atoms with Crippen LogP contribution in [0.5, 0.6) is 0 Å². The molecular weight excluding hydrogens is 405 g/mol. The first kappa shape index (κ1) is 23.1. The summed E-state index contributed by atoms with van der Waals surface area (Å²) in [7, 11) is -0.407. The number of benzene rings is 1. The lowest BCUT2D eigenvalue weighted by molar-refractivity contribution is 0.00578. The molecule has 0 bridgehead atoms. The van der Waals surface area contributed by atoms with Crippen LogP contribution in [0.4, 0.5) is 4.79 Å². The van der Waals surface area contributed by atoms with Crippen molar-refractivity contribution < 1.29 is 18.8 Å². The van der Waals surface area contributed by atoms with E-state index in [4.69, 9.17) is 19.1 Å². The van der Waals surface area contributed by atoms with Crippen molar-refractivity contribution in [3.63, 3.8) is 0 Å². The van der Waals surface area contributed by atoms with Gasteiger partial charge in [-0.15, -0.1) is 0 Å². The highest BCUT2D eigenvalue weighted by Crippen LogP contribution is 2.36. The van der Waals surface area contributed by atoms with Crippen LogP contribution in [0.2, 0.25) is 0 Å². The lowest BCUT2D eigenvalue weighted by atomic mass is 9.79. The molecule has 0 N–H and O–H groups in total. The Hall–Kier alpha value is -2.06. The molecule has 1 amide bonds. The highest BCUT2D eigenvalue weighted by Gasteiger charge is 2.51. The van der Waals surface area contributed by atoms with E-state index in [1.165, 1.54) is 0 Å². The lowest BCUT2D eigenvalue weighted by Gasteiger charge is -2.36. The normalized spacial score (nSPS) is 23.0. The highest BCUT2D eigenvalue weighted by atomic mass is 16.7. The van der Waals surface area contributed by atoms with Gasteiger partial charge in [-0.25, -0.2) is 4.79 Å². The number of fused-ring (bicyclic) bond motifs is 1. The largest absolute Gasteiger partial charge is 0.494 e. The SMILES string of the molecule is CC(C)(C)OC(=O)N1CCCCC1Cn1cc2ccc(B3OC(C)(C)C(C)(C)O3)cc2n1. The minimum absolute atomic E-state index is 0.0791. The Balaban J connectivity index is 1.51. The number of hydrogen-bond donors (Lipinski definition) is 0. The Kier molecular flexibility index (Phi) is 5.82. The Bertz CT molecular complexity index is 979. The fourth-order valence-electron chi connectivity index (χ4n) is 4.27. The molecule has 2 fully saturated rings. The summed E-state index contributed by atoms with van der Waals surface area (Å²) in [6.07, 6.45) is 4.88. The van der Waals surface area contributed by atoms with Gasteiger partial charge in [0.15, 0.2) is 0 Å². The molecule has 0 spiro atoms. The number of nitrogens with zero attached hydrogens (tertiary/aromatic N) is 3. The average molecular weight is 441 g/mol. The van der Waals surface area contributed by atoms with Crippen LogP contribution in [-0.2, 0) is 20.6 Å². The summed E-state index contributed by atoms with van der Waals surface area (Å²) in [4.78, 5) is 14.6. The summed E-state index contributed by atoms with van der Waals surface area (Å²) in [5.74, 6) is 0. The number of amides is 1. The monoisotopic (exact) mass is 441 g/mol. The molecule has 0 radical (unpaired) electrons. The molecule has 1 atom stereocenters. The van der Waals surface area contributed by atoms with Gasteiger partial charge >= 0.3 is 13.2 Å². The van der Waals surface area contributed by atoms with Crippen molar-refractivity contribution in [1.82, 2.24) is 14.7 Å². The van der Waals surface area contributed by atoms with Crippen molar-refractivity contribution in [2.24, 2.45) is 0 Å². The number of hydrogen-bond acceptors (Lipinski definition) is 5. The fraction of sp³-hybridized carbons (Fsp3) is 0.667. The van der Waals surface area contributed by atoms with Crippen LogP contribution in [-0.4, -0.2) is 57.3 Å². The zero-order valence-electron chi connectivity index (χ0n) is 20.5. The second-order valence-electron chi connectivity index (χ2n) is 11.1. The lowest BCUT2D eigenvalue weighted by Crippen LogP contribution is -2.47. The van der Waals surface area contributed by atoms with Gasteiger partial charge in [0.25, 0.3) is 0 Å². The number of ether oxygens (including phenoxy) is 1. The van der Waals surface area contributed by atoms with Gasteiger partial charge in [0.2, 0.25) is 0 Å². The molecule has 7 nitrogen and oxygen atoms in total. The van der Waals surface area contributed by atoms with E-state index in [-0.39, 0.29) is 23.3 Å². The zero-order chi connectivity index (χ0) is 23.3. The van der Waals surface area contributed by atoms with E-state index in [1.54, 1.807) is 0 Å². The van der Waals surface area contributed by atoms with Crippen LogP contribution in [0.15, 0.2) is 24.4 Å². The van der Waals surface area contributed by atoms with Gasteiger partial charge in [-0.05, 0) is 79.3 Å². The minimum Gasteiger partial charge on any atom is -0.444 e. The Morgan fingerprint density at radius 3 is 2.53 bits per heavy atom. The Morgan fingerprint density at radius 1 is 1.19 bits per heavy atom. The van der Waals surface area contributed by atoms with Gasteiger partial charge < -0.3 is 18.9 Å². The summed E-state index contributed by atoms with van der Waals surface area (Å²) in [6, 6.07) is 6.23. The van der Waals surface area contributed by atoms with Crippen molar-refractivity contribution in [3.05, 3.63) is 24.4 Å². The first-order valence-electron chi connectivity index (χ1n) is 11.7. The summed E-state index contributed by atoms with van der Waals surface area (Å²) >= 11 is 0. The van der Waals surface area contributed by atoms with Gasteiger partial charge in [-0.3, -0.25) is 4.68 Å². The average Bonchev–Trinajstić information content (AvgIpc) is 3.16. The Labute approximate surface area is 191 Å². The summed E-state index contributed by atoms with van der Waals surface area (Å²) < 4.78 is 20.0. The summed E-state index contributed by atoms with van der Waals surface area (Å²) in [5, 5.41) is 5.87. The molecule has 3 heterocycles. The van der Waals surface area contributed by atoms with Gasteiger partial charge in [0.05, 0.1) is 29.3 Å². The van der Waals surface area contributed by atoms with Gasteiger partial charge in [-0.2, -0.15) is 5.10 Å². The van der Waals surface area contributed by atoms with Crippen LogP contribution in [0.3, 0.4) is 0 Å². The Morgan fingerprint density at radius 2 is 1.88 bits per heavy atom. The molecule has 0 aliphatic carbocycles. The molecule has 2 aliphatic rings. The first-order chi connectivity index (χ1) is 14.8. The predicted molar refractivity (Wildman–Crippen MR) is 126 cm³/mol. The molecule has 8 heteroatoms. The predicted octanol–water partition coefficient (Wildman–Crippen LogP) is 4.13. The number of carbonyl (C=O) groups is 1. The van der Waals surface area contributed by atoms with Crippen LogP contribution < -0.4 is 5.46 Å². The van der Waals surface area contributed by atoms with E-state index in [1.807, 2.05) is 48.7 Å². The molecule has 2 saturated heterocycles. The molecule has 2 aromatic rings. The maximum absolute atomic E-state index is 12.7. The standard InChI is InChI=1S/C24H36BN3O4/c1-22(2,3)30-21(29)28-13-9-8-10-19(28)16-27-15-17-11-12-18(14-20(17)26-27)25-31-23(4,5)24(6,7)32-25/h11-12,14-15,19H,8-10,13,16H2,1-7H3. The third-order valence-electron chi connectivity index (χ3n) is 6.76. The number of rotatable bonds is 3. The molecule has 174 valence electrons. The van der Waals surface area contributed by atoms with Gasteiger partial charge in [0.1, 0.15) is 5.60 Å². The molecule has 4 rings (SSSR count). The number of carbonyl (C=O) groups excluding carboxylic acids is 1. The van der Waals surface area contributed by atoms with Crippen LogP contribution >= 0.6 is 0 Å². The molecule has 1 unspecified atom stereocenters. The molecular formula is C24H36BN3O4. The second kappa shape index (κ2) is 8.06. The topological polar surface area (TPSA) is 65.8 Å². The molecule has 2 aliphatic heterocycles.